The van der Waals surface area contributed by atoms with Crippen molar-refractivity contribution in [2.75, 3.05) is 5.32 Å². The first kappa shape index (κ1) is 16.1. The normalized spacial score (nSPS) is 10.8. The zero-order valence-electron chi connectivity index (χ0n) is 13.7. The summed E-state index contributed by atoms with van der Waals surface area (Å²) in [6.45, 7) is 0. The van der Waals surface area contributed by atoms with Crippen molar-refractivity contribution in [1.82, 2.24) is 19.7 Å². The van der Waals surface area contributed by atoms with E-state index in [1.165, 1.54) is 23.1 Å². The van der Waals surface area contributed by atoms with Crippen LogP contribution in [-0.2, 0) is 7.05 Å². The van der Waals surface area contributed by atoms with Gasteiger partial charge in [0, 0.05) is 24.0 Å². The molecule has 0 radical (unpaired) electrons. The van der Waals surface area contributed by atoms with Gasteiger partial charge in [-0.05, 0) is 18.2 Å². The number of nitrogens with one attached hydrogen (secondary N) is 1. The second kappa shape index (κ2) is 6.49. The van der Waals surface area contributed by atoms with Crippen LogP contribution < -0.4 is 10.9 Å². The van der Waals surface area contributed by atoms with Gasteiger partial charge in [-0.25, -0.2) is 9.67 Å². The Morgan fingerprint density at radius 3 is 2.62 bits per heavy atom. The highest BCUT2D eigenvalue weighted by molar-refractivity contribution is 7.14. The van der Waals surface area contributed by atoms with Crippen LogP contribution in [0.1, 0.15) is 10.5 Å². The van der Waals surface area contributed by atoms with E-state index >= 15 is 0 Å². The van der Waals surface area contributed by atoms with E-state index in [9.17, 15) is 9.59 Å². The molecule has 0 spiro atoms. The summed E-state index contributed by atoms with van der Waals surface area (Å²) in [6, 6.07) is 12.5. The molecule has 0 aliphatic carbocycles. The lowest BCUT2D eigenvalue weighted by Crippen LogP contribution is -2.25. The number of aryl methyl sites for hydroxylation is 1. The van der Waals surface area contributed by atoms with Crippen LogP contribution in [0.25, 0.3) is 22.2 Å². The number of benzene rings is 1. The van der Waals surface area contributed by atoms with E-state index in [0.717, 1.165) is 5.69 Å². The maximum absolute atomic E-state index is 12.7. The third-order valence-corrected chi connectivity index (χ3v) is 4.58. The van der Waals surface area contributed by atoms with Gasteiger partial charge in [-0.3, -0.25) is 19.9 Å². The molecule has 0 unspecified atom stereocenters. The van der Waals surface area contributed by atoms with Gasteiger partial charge in [-0.15, -0.1) is 11.3 Å². The number of fused-ring (bicyclic) bond motifs is 1. The van der Waals surface area contributed by atoms with Gasteiger partial charge in [-0.1, -0.05) is 24.3 Å². The fraction of sp³-hybridized carbons (Fsp3) is 0.0556. The number of carbonyl (C=O) groups is 1. The van der Waals surface area contributed by atoms with Gasteiger partial charge in [-0.2, -0.15) is 5.10 Å². The number of anilines is 1. The first-order valence-electron chi connectivity index (χ1n) is 7.78. The lowest BCUT2D eigenvalue weighted by atomic mass is 10.1. The first-order valence-corrected chi connectivity index (χ1v) is 8.66. The first-order chi connectivity index (χ1) is 12.6. The molecule has 0 atom stereocenters. The summed E-state index contributed by atoms with van der Waals surface area (Å²) < 4.78 is 1.17. The Hall–Kier alpha value is -3.39. The summed E-state index contributed by atoms with van der Waals surface area (Å²) in [6.07, 6.45) is 1.69. The quantitative estimate of drug-likeness (QED) is 0.604. The van der Waals surface area contributed by atoms with Gasteiger partial charge in [0.05, 0.1) is 11.1 Å². The van der Waals surface area contributed by atoms with Gasteiger partial charge in [0.25, 0.3) is 11.5 Å². The van der Waals surface area contributed by atoms with Crippen molar-refractivity contribution < 1.29 is 4.79 Å². The molecule has 128 valence electrons. The number of carbonyl (C=O) groups excluding carboxylic acids is 1. The molecule has 0 aliphatic heterocycles. The number of nitrogens with zero attached hydrogens (tertiary/aromatic N) is 4. The molecule has 0 saturated heterocycles. The smallest absolute Gasteiger partial charge is 0.278 e. The van der Waals surface area contributed by atoms with Crippen LogP contribution in [0.2, 0.25) is 0 Å². The SMILES string of the molecule is Cn1nc(C(=O)Nc2nc(-c3ccccn3)cs2)c2ccccc2c1=O. The number of thiazole rings is 1. The second-order valence-corrected chi connectivity index (χ2v) is 6.39. The van der Waals surface area contributed by atoms with E-state index in [2.05, 4.69) is 20.4 Å². The van der Waals surface area contributed by atoms with Gasteiger partial charge in [0.15, 0.2) is 10.8 Å². The maximum atomic E-state index is 12.7. The van der Waals surface area contributed by atoms with Crippen LogP contribution in [0.5, 0.6) is 0 Å². The molecule has 8 heteroatoms. The van der Waals surface area contributed by atoms with Crippen molar-refractivity contribution in [3.8, 4) is 11.4 Å². The molecule has 0 saturated carbocycles. The molecular weight excluding hydrogens is 350 g/mol. The van der Waals surface area contributed by atoms with Crippen molar-refractivity contribution in [1.29, 1.82) is 0 Å². The molecule has 7 nitrogen and oxygen atoms in total. The highest BCUT2D eigenvalue weighted by Crippen LogP contribution is 2.24. The summed E-state index contributed by atoms with van der Waals surface area (Å²) in [5.74, 6) is -0.418. The third kappa shape index (κ3) is 2.86. The second-order valence-electron chi connectivity index (χ2n) is 5.53. The summed E-state index contributed by atoms with van der Waals surface area (Å²) in [5.41, 5.74) is 1.35. The van der Waals surface area contributed by atoms with Crippen LogP contribution in [-0.4, -0.2) is 25.7 Å². The number of hydrogen-bond acceptors (Lipinski definition) is 6. The Bertz CT molecular complexity index is 1170. The molecule has 1 aromatic carbocycles. The van der Waals surface area contributed by atoms with Crippen LogP contribution in [0.15, 0.2) is 58.8 Å². The number of amides is 1. The predicted molar refractivity (Wildman–Crippen MR) is 100 cm³/mol. The van der Waals surface area contributed by atoms with Crippen LogP contribution in [0.4, 0.5) is 5.13 Å². The average molecular weight is 363 g/mol. The maximum Gasteiger partial charge on any atom is 0.278 e. The number of rotatable bonds is 3. The van der Waals surface area contributed by atoms with Crippen LogP contribution in [0, 0.1) is 0 Å². The summed E-state index contributed by atoms with van der Waals surface area (Å²) >= 11 is 1.30. The van der Waals surface area contributed by atoms with E-state index in [1.54, 1.807) is 30.5 Å². The van der Waals surface area contributed by atoms with Crippen molar-refractivity contribution in [3.63, 3.8) is 0 Å². The summed E-state index contributed by atoms with van der Waals surface area (Å²) in [4.78, 5) is 33.5. The standard InChI is InChI=1S/C18H13N5O2S/c1-23-17(25)12-7-3-2-6-11(12)15(22-23)16(24)21-18-20-14(10-26-18)13-8-4-5-9-19-13/h2-10H,1H3,(H,20,21,24). The van der Waals surface area contributed by atoms with Crippen LogP contribution in [0.3, 0.4) is 0 Å². The van der Waals surface area contributed by atoms with Gasteiger partial charge in [0.2, 0.25) is 0 Å². The van der Waals surface area contributed by atoms with Crippen LogP contribution >= 0.6 is 11.3 Å². The topological polar surface area (TPSA) is 89.8 Å². The highest BCUT2D eigenvalue weighted by Gasteiger charge is 2.17. The Morgan fingerprint density at radius 1 is 1.08 bits per heavy atom. The zero-order chi connectivity index (χ0) is 18.1. The van der Waals surface area contributed by atoms with E-state index < -0.39 is 5.91 Å². The molecule has 3 aromatic heterocycles. The molecule has 26 heavy (non-hydrogen) atoms. The summed E-state index contributed by atoms with van der Waals surface area (Å²) in [7, 11) is 1.52. The lowest BCUT2D eigenvalue weighted by Gasteiger charge is -2.07. The third-order valence-electron chi connectivity index (χ3n) is 3.82. The fourth-order valence-corrected chi connectivity index (χ4v) is 3.29. The fourth-order valence-electron chi connectivity index (χ4n) is 2.59. The zero-order valence-corrected chi connectivity index (χ0v) is 14.5. The molecule has 1 amide bonds. The Labute approximate surface area is 152 Å². The minimum Gasteiger partial charge on any atom is -0.296 e. The largest absolute Gasteiger partial charge is 0.296 e. The molecule has 0 bridgehead atoms. The Morgan fingerprint density at radius 2 is 1.85 bits per heavy atom. The van der Waals surface area contributed by atoms with Gasteiger partial charge in [0.1, 0.15) is 5.69 Å². The molecule has 0 aliphatic rings. The van der Waals surface area contributed by atoms with E-state index in [-0.39, 0.29) is 11.3 Å². The van der Waals surface area contributed by atoms with Crippen molar-refractivity contribution >= 4 is 33.1 Å². The lowest BCUT2D eigenvalue weighted by molar-refractivity contribution is 0.102. The molecule has 3 heterocycles. The minimum absolute atomic E-state index is 0.178. The molecule has 4 rings (SSSR count). The van der Waals surface area contributed by atoms with E-state index in [0.29, 0.717) is 21.6 Å². The van der Waals surface area contributed by atoms with Crippen molar-refractivity contribution in [2.24, 2.45) is 7.05 Å². The highest BCUT2D eigenvalue weighted by atomic mass is 32.1. The average Bonchev–Trinajstić information content (AvgIpc) is 3.14. The van der Waals surface area contributed by atoms with Gasteiger partial charge >= 0.3 is 0 Å². The molecular formula is C18H13N5O2S. The summed E-state index contributed by atoms with van der Waals surface area (Å²) in [5, 5.41) is 10.1. The number of pyridine rings is 1. The predicted octanol–water partition coefficient (Wildman–Crippen LogP) is 2.70. The Kier molecular flexibility index (Phi) is 4.02. The minimum atomic E-state index is -0.418. The van der Waals surface area contributed by atoms with Crippen molar-refractivity contribution in [3.05, 3.63) is 70.1 Å². The van der Waals surface area contributed by atoms with Crippen molar-refractivity contribution in [2.45, 2.75) is 0 Å². The molecule has 0 fully saturated rings. The monoisotopic (exact) mass is 363 g/mol. The molecule has 4 aromatic rings. The van der Waals surface area contributed by atoms with E-state index in [1.807, 2.05) is 23.6 Å². The Balaban J connectivity index is 1.68. The van der Waals surface area contributed by atoms with E-state index in [4.69, 9.17) is 0 Å². The molecule has 1 N–H and O–H groups in total. The number of hydrogen-bond donors (Lipinski definition) is 1. The van der Waals surface area contributed by atoms with Gasteiger partial charge < -0.3 is 0 Å². The number of aromatic nitrogens is 4.